The van der Waals surface area contributed by atoms with Gasteiger partial charge in [-0.3, -0.25) is 9.59 Å². The molecule has 4 aromatic carbocycles. The molecule has 4 aromatic rings. The molecular weight excluding hydrogens is 610 g/mol. The van der Waals surface area contributed by atoms with Crippen molar-refractivity contribution in [2.75, 3.05) is 7.11 Å². The van der Waals surface area contributed by atoms with Crippen LogP contribution in [-0.4, -0.2) is 38.3 Å². The van der Waals surface area contributed by atoms with Gasteiger partial charge in [0.25, 0.3) is 0 Å². The van der Waals surface area contributed by atoms with Crippen LogP contribution in [-0.2, 0) is 39.1 Å². The zero-order valence-corrected chi connectivity index (χ0v) is 26.6. The Balaban J connectivity index is 1.38. The molecule has 0 spiro atoms. The lowest BCUT2D eigenvalue weighted by Crippen LogP contribution is -2.43. The Bertz CT molecular complexity index is 1710. The standard InChI is InChI=1S/C35H36ClN3O5S/c1-44-30-18-11-26(12-19-30)24-39(33(40)22-15-25-13-20-31(21-14-25)45(42,43)38-29-16-17-29)34(27-7-3-2-4-8-27)35(41)37-23-28-9-5-6-10-32(28)36/h2-14,18-21,29,34,38H,15-17,22-24H2,1H3,(H,37,41). The van der Waals surface area contributed by atoms with E-state index in [1.165, 1.54) is 0 Å². The molecule has 234 valence electrons. The third kappa shape index (κ3) is 8.72. The molecule has 1 aliphatic rings. The van der Waals surface area contributed by atoms with Crippen LogP contribution in [0, 0.1) is 0 Å². The smallest absolute Gasteiger partial charge is 0.247 e. The first-order chi connectivity index (χ1) is 21.7. The first kappa shape index (κ1) is 32.2. The molecule has 5 rings (SSSR count). The third-order valence-corrected chi connectivity index (χ3v) is 9.58. The molecule has 45 heavy (non-hydrogen) atoms. The fourth-order valence-electron chi connectivity index (χ4n) is 5.00. The van der Waals surface area contributed by atoms with Gasteiger partial charge in [-0.05, 0) is 71.8 Å². The molecule has 8 nitrogen and oxygen atoms in total. The topological polar surface area (TPSA) is 105 Å². The highest BCUT2D eigenvalue weighted by atomic mass is 35.5. The molecule has 0 heterocycles. The Morgan fingerprint density at radius 2 is 1.53 bits per heavy atom. The summed E-state index contributed by atoms with van der Waals surface area (Å²) in [4.78, 5) is 29.8. The van der Waals surface area contributed by atoms with E-state index in [1.54, 1.807) is 42.3 Å². The van der Waals surface area contributed by atoms with Gasteiger partial charge in [0, 0.05) is 30.6 Å². The van der Waals surface area contributed by atoms with Gasteiger partial charge in [-0.15, -0.1) is 0 Å². The van der Waals surface area contributed by atoms with Crippen molar-refractivity contribution in [3.05, 3.63) is 130 Å². The molecule has 10 heteroatoms. The van der Waals surface area contributed by atoms with E-state index in [0.717, 1.165) is 29.5 Å². The van der Waals surface area contributed by atoms with Crippen molar-refractivity contribution in [3.63, 3.8) is 0 Å². The van der Waals surface area contributed by atoms with Crippen LogP contribution in [0.1, 0.15) is 47.6 Å². The molecule has 1 unspecified atom stereocenters. The molecule has 1 aliphatic carbocycles. The van der Waals surface area contributed by atoms with Gasteiger partial charge in [-0.2, -0.15) is 0 Å². The lowest BCUT2D eigenvalue weighted by Gasteiger charge is -2.32. The van der Waals surface area contributed by atoms with Gasteiger partial charge in [0.2, 0.25) is 21.8 Å². The van der Waals surface area contributed by atoms with Crippen molar-refractivity contribution < 1.29 is 22.7 Å². The molecule has 0 saturated heterocycles. The number of halogens is 1. The minimum absolute atomic E-state index is 0.0171. The number of rotatable bonds is 14. The van der Waals surface area contributed by atoms with Crippen molar-refractivity contribution >= 4 is 33.4 Å². The lowest BCUT2D eigenvalue weighted by atomic mass is 10.0. The molecular formula is C35H36ClN3O5S. The Labute approximate surface area is 269 Å². The highest BCUT2D eigenvalue weighted by molar-refractivity contribution is 7.89. The number of amides is 2. The Kier molecular flexibility index (Phi) is 10.5. The van der Waals surface area contributed by atoms with Gasteiger partial charge in [0.15, 0.2) is 0 Å². The molecule has 2 N–H and O–H groups in total. The van der Waals surface area contributed by atoms with Crippen LogP contribution in [0.25, 0.3) is 0 Å². The number of methoxy groups -OCH3 is 1. The maximum absolute atomic E-state index is 14.0. The number of nitrogens with zero attached hydrogens (tertiary/aromatic N) is 1. The van der Waals surface area contributed by atoms with Crippen LogP contribution in [0.5, 0.6) is 5.75 Å². The quantitative estimate of drug-likeness (QED) is 0.180. The summed E-state index contributed by atoms with van der Waals surface area (Å²) in [5.74, 6) is 0.131. The van der Waals surface area contributed by atoms with Crippen LogP contribution in [0.2, 0.25) is 5.02 Å². The summed E-state index contributed by atoms with van der Waals surface area (Å²) in [5, 5.41) is 3.53. The van der Waals surface area contributed by atoms with Gasteiger partial charge in [-0.1, -0.05) is 84.4 Å². The summed E-state index contributed by atoms with van der Waals surface area (Å²) in [6.07, 6.45) is 2.20. The average Bonchev–Trinajstić information content (AvgIpc) is 3.87. The lowest BCUT2D eigenvalue weighted by molar-refractivity contribution is -0.141. The summed E-state index contributed by atoms with van der Waals surface area (Å²) in [6, 6.07) is 29.6. The van der Waals surface area contributed by atoms with Crippen molar-refractivity contribution in [1.82, 2.24) is 14.9 Å². The van der Waals surface area contributed by atoms with E-state index in [9.17, 15) is 18.0 Å². The minimum atomic E-state index is -3.56. The van der Waals surface area contributed by atoms with Crippen LogP contribution >= 0.6 is 11.6 Å². The zero-order chi connectivity index (χ0) is 31.8. The second-order valence-electron chi connectivity index (χ2n) is 11.0. The molecule has 0 bridgehead atoms. The van der Waals surface area contributed by atoms with E-state index < -0.39 is 16.1 Å². The maximum Gasteiger partial charge on any atom is 0.247 e. The first-order valence-electron chi connectivity index (χ1n) is 14.8. The van der Waals surface area contributed by atoms with Crippen molar-refractivity contribution in [2.24, 2.45) is 0 Å². The molecule has 0 radical (unpaired) electrons. The number of carbonyl (C=O) groups excluding carboxylic acids is 2. The first-order valence-corrected chi connectivity index (χ1v) is 16.7. The fourth-order valence-corrected chi connectivity index (χ4v) is 6.51. The Hall–Kier alpha value is -4.18. The van der Waals surface area contributed by atoms with E-state index in [-0.39, 0.29) is 42.3 Å². The molecule has 2 amide bonds. The fraction of sp³-hybridized carbons (Fsp3) is 0.257. The highest BCUT2D eigenvalue weighted by Crippen LogP contribution is 2.27. The minimum Gasteiger partial charge on any atom is -0.497 e. The SMILES string of the molecule is COc1ccc(CN(C(=O)CCc2ccc(S(=O)(=O)NC3CC3)cc2)C(C(=O)NCc2ccccc2Cl)c2ccccc2)cc1. The molecule has 1 atom stereocenters. The van der Waals surface area contributed by atoms with Gasteiger partial charge in [0.05, 0.1) is 12.0 Å². The summed E-state index contributed by atoms with van der Waals surface area (Å²) in [5.41, 5.74) is 3.10. The highest BCUT2D eigenvalue weighted by Gasteiger charge is 2.32. The molecule has 1 saturated carbocycles. The van der Waals surface area contributed by atoms with Crippen LogP contribution < -0.4 is 14.8 Å². The number of hydrogen-bond donors (Lipinski definition) is 2. The number of hydrogen-bond acceptors (Lipinski definition) is 5. The van der Waals surface area contributed by atoms with E-state index in [1.807, 2.05) is 72.8 Å². The third-order valence-electron chi connectivity index (χ3n) is 7.68. The van der Waals surface area contributed by atoms with Crippen LogP contribution in [0.4, 0.5) is 0 Å². The largest absolute Gasteiger partial charge is 0.497 e. The van der Waals surface area contributed by atoms with Gasteiger partial charge in [0.1, 0.15) is 11.8 Å². The van der Waals surface area contributed by atoms with E-state index in [4.69, 9.17) is 16.3 Å². The summed E-state index contributed by atoms with van der Waals surface area (Å²) >= 11 is 6.35. The number of carbonyl (C=O) groups is 2. The number of benzene rings is 4. The average molecular weight is 646 g/mol. The summed E-state index contributed by atoms with van der Waals surface area (Å²) < 4.78 is 33.1. The van der Waals surface area contributed by atoms with Crippen molar-refractivity contribution in [3.8, 4) is 5.75 Å². The van der Waals surface area contributed by atoms with Gasteiger partial charge in [-0.25, -0.2) is 13.1 Å². The summed E-state index contributed by atoms with van der Waals surface area (Å²) in [6.45, 7) is 0.392. The molecule has 0 aromatic heterocycles. The predicted molar refractivity (Wildman–Crippen MR) is 174 cm³/mol. The van der Waals surface area contributed by atoms with Gasteiger partial charge < -0.3 is 15.0 Å². The number of nitrogens with one attached hydrogen (secondary N) is 2. The number of sulfonamides is 1. The molecule has 1 fully saturated rings. The van der Waals surface area contributed by atoms with Crippen LogP contribution in [0.15, 0.2) is 108 Å². The monoisotopic (exact) mass is 645 g/mol. The van der Waals surface area contributed by atoms with Crippen LogP contribution in [0.3, 0.4) is 0 Å². The van der Waals surface area contributed by atoms with Gasteiger partial charge >= 0.3 is 0 Å². The van der Waals surface area contributed by atoms with Crippen molar-refractivity contribution in [2.45, 2.75) is 55.8 Å². The second-order valence-corrected chi connectivity index (χ2v) is 13.2. The Morgan fingerprint density at radius 1 is 0.889 bits per heavy atom. The number of aryl methyl sites for hydroxylation is 1. The van der Waals surface area contributed by atoms with E-state index in [0.29, 0.717) is 22.8 Å². The zero-order valence-electron chi connectivity index (χ0n) is 25.0. The van der Waals surface area contributed by atoms with E-state index >= 15 is 0 Å². The molecule has 0 aliphatic heterocycles. The summed E-state index contributed by atoms with van der Waals surface area (Å²) in [7, 11) is -1.98. The van der Waals surface area contributed by atoms with E-state index in [2.05, 4.69) is 10.0 Å². The van der Waals surface area contributed by atoms with Crippen molar-refractivity contribution in [1.29, 1.82) is 0 Å². The Morgan fingerprint density at radius 3 is 2.18 bits per heavy atom. The normalized spacial score (nSPS) is 13.6. The predicted octanol–water partition coefficient (Wildman–Crippen LogP) is 5.81. The maximum atomic E-state index is 14.0. The number of ether oxygens (including phenoxy) is 1. The second kappa shape index (κ2) is 14.7.